The minimum atomic E-state index is -0.105. The molecule has 0 aliphatic carbocycles. The average molecular weight is 391 g/mol. The zero-order chi connectivity index (χ0) is 17.4. The molecule has 0 saturated heterocycles. The third kappa shape index (κ3) is 3.44. The number of aromatic nitrogens is 2. The molecule has 0 bridgehead atoms. The average Bonchev–Trinajstić information content (AvgIpc) is 3.29. The number of hydrogen-bond acceptors (Lipinski definition) is 5. The molecule has 1 aliphatic rings. The Morgan fingerprint density at radius 1 is 1.36 bits per heavy atom. The van der Waals surface area contributed by atoms with Crippen molar-refractivity contribution in [3.8, 4) is 0 Å². The number of amidine groups is 1. The number of aryl methyl sites for hydroxylation is 1. The number of nitrogens with zero attached hydrogens (tertiary/aromatic N) is 3. The largest absolute Gasteiger partial charge is 0.301 e. The van der Waals surface area contributed by atoms with Gasteiger partial charge < -0.3 is 5.32 Å². The van der Waals surface area contributed by atoms with Crippen molar-refractivity contribution in [3.63, 3.8) is 0 Å². The Bertz CT molecular complexity index is 975. The SMILES string of the molecule is Cc1nn(Cc2ccc(Cl)cc2)c2sc(C(=O)NC3=NCCS3)cc12. The summed E-state index contributed by atoms with van der Waals surface area (Å²) in [6, 6.07) is 9.63. The topological polar surface area (TPSA) is 59.3 Å². The summed E-state index contributed by atoms with van der Waals surface area (Å²) in [4.78, 5) is 18.4. The van der Waals surface area contributed by atoms with Crippen LogP contribution < -0.4 is 5.32 Å². The van der Waals surface area contributed by atoms with E-state index in [4.69, 9.17) is 11.6 Å². The van der Waals surface area contributed by atoms with Crippen molar-refractivity contribution in [2.24, 2.45) is 4.99 Å². The summed E-state index contributed by atoms with van der Waals surface area (Å²) in [5.74, 6) is 0.823. The summed E-state index contributed by atoms with van der Waals surface area (Å²) in [6.45, 7) is 3.37. The number of carbonyl (C=O) groups excluding carboxylic acids is 1. The van der Waals surface area contributed by atoms with E-state index in [0.717, 1.165) is 33.8 Å². The van der Waals surface area contributed by atoms with Gasteiger partial charge in [-0.05, 0) is 30.7 Å². The van der Waals surface area contributed by atoms with Gasteiger partial charge >= 0.3 is 0 Å². The Hall–Kier alpha value is -1.83. The summed E-state index contributed by atoms with van der Waals surface area (Å²) in [5.41, 5.74) is 2.04. The van der Waals surface area contributed by atoms with Gasteiger partial charge in [0.05, 0.1) is 23.7 Å². The number of amides is 1. The second kappa shape index (κ2) is 6.82. The van der Waals surface area contributed by atoms with Gasteiger partial charge in [0, 0.05) is 16.2 Å². The maximum Gasteiger partial charge on any atom is 0.267 e. The summed E-state index contributed by atoms with van der Waals surface area (Å²) >= 11 is 8.98. The molecule has 0 saturated carbocycles. The number of nitrogens with one attached hydrogen (secondary N) is 1. The maximum absolute atomic E-state index is 12.4. The van der Waals surface area contributed by atoms with Crippen molar-refractivity contribution in [1.29, 1.82) is 0 Å². The number of thioether (sulfide) groups is 1. The molecule has 3 heterocycles. The Morgan fingerprint density at radius 3 is 2.88 bits per heavy atom. The van der Waals surface area contributed by atoms with Crippen molar-refractivity contribution in [2.75, 3.05) is 12.3 Å². The molecular formula is C17H15ClN4OS2. The van der Waals surface area contributed by atoms with E-state index < -0.39 is 0 Å². The summed E-state index contributed by atoms with van der Waals surface area (Å²) in [7, 11) is 0. The number of aliphatic imine (C=N–C) groups is 1. The fraction of sp³-hybridized carbons (Fsp3) is 0.235. The van der Waals surface area contributed by atoms with E-state index in [2.05, 4.69) is 15.4 Å². The van der Waals surface area contributed by atoms with Gasteiger partial charge in [0.2, 0.25) is 0 Å². The molecule has 1 aliphatic heterocycles. The lowest BCUT2D eigenvalue weighted by atomic mass is 10.2. The van der Waals surface area contributed by atoms with Crippen LogP contribution in [0.25, 0.3) is 10.2 Å². The zero-order valence-corrected chi connectivity index (χ0v) is 15.8. The molecule has 0 atom stereocenters. The highest BCUT2D eigenvalue weighted by molar-refractivity contribution is 8.14. The first-order chi connectivity index (χ1) is 12.1. The van der Waals surface area contributed by atoms with Crippen molar-refractivity contribution >= 4 is 56.0 Å². The molecule has 8 heteroatoms. The van der Waals surface area contributed by atoms with Crippen molar-refractivity contribution in [1.82, 2.24) is 15.1 Å². The van der Waals surface area contributed by atoms with Gasteiger partial charge in [-0.3, -0.25) is 14.5 Å². The molecule has 1 amide bonds. The van der Waals surface area contributed by atoms with Crippen LogP contribution in [0.4, 0.5) is 0 Å². The van der Waals surface area contributed by atoms with Crippen LogP contribution in [-0.4, -0.2) is 33.2 Å². The van der Waals surface area contributed by atoms with Crippen molar-refractivity contribution in [2.45, 2.75) is 13.5 Å². The number of carbonyl (C=O) groups is 1. The molecule has 0 spiro atoms. The van der Waals surface area contributed by atoms with E-state index in [1.165, 1.54) is 11.3 Å². The number of benzene rings is 1. The number of rotatable bonds is 3. The van der Waals surface area contributed by atoms with Crippen LogP contribution in [0.15, 0.2) is 35.3 Å². The lowest BCUT2D eigenvalue weighted by molar-refractivity contribution is 0.0982. The number of hydrogen-bond donors (Lipinski definition) is 1. The Balaban J connectivity index is 1.61. The van der Waals surface area contributed by atoms with Gasteiger partial charge in [-0.1, -0.05) is 35.5 Å². The first-order valence-corrected chi connectivity index (χ1v) is 9.98. The highest BCUT2D eigenvalue weighted by Gasteiger charge is 2.18. The van der Waals surface area contributed by atoms with Crippen molar-refractivity contribution < 1.29 is 4.79 Å². The van der Waals surface area contributed by atoms with Crippen LogP contribution in [-0.2, 0) is 6.54 Å². The highest BCUT2D eigenvalue weighted by Crippen LogP contribution is 2.29. The number of thiophene rings is 1. The lowest BCUT2D eigenvalue weighted by Gasteiger charge is -2.03. The quantitative estimate of drug-likeness (QED) is 0.736. The predicted octanol–water partition coefficient (Wildman–Crippen LogP) is 3.94. The molecule has 3 aromatic rings. The van der Waals surface area contributed by atoms with E-state index in [0.29, 0.717) is 21.6 Å². The van der Waals surface area contributed by atoms with E-state index in [-0.39, 0.29) is 5.91 Å². The number of fused-ring (bicyclic) bond motifs is 1. The number of halogens is 1. The minimum Gasteiger partial charge on any atom is -0.301 e. The molecule has 1 N–H and O–H groups in total. The third-order valence-corrected chi connectivity index (χ3v) is 6.17. The van der Waals surface area contributed by atoms with Crippen LogP contribution in [0.2, 0.25) is 5.02 Å². The van der Waals surface area contributed by atoms with Gasteiger partial charge in [-0.25, -0.2) is 0 Å². The molecule has 128 valence electrons. The van der Waals surface area contributed by atoms with Crippen LogP contribution in [0, 0.1) is 6.92 Å². The van der Waals surface area contributed by atoms with Gasteiger partial charge in [0.15, 0.2) is 5.17 Å². The van der Waals surface area contributed by atoms with Crippen LogP contribution in [0.3, 0.4) is 0 Å². The summed E-state index contributed by atoms with van der Waals surface area (Å²) < 4.78 is 1.94. The predicted molar refractivity (Wildman–Crippen MR) is 105 cm³/mol. The molecule has 5 nitrogen and oxygen atoms in total. The van der Waals surface area contributed by atoms with Gasteiger partial charge in [0.1, 0.15) is 4.83 Å². The molecule has 0 radical (unpaired) electrons. The molecule has 25 heavy (non-hydrogen) atoms. The molecule has 1 aromatic carbocycles. The van der Waals surface area contributed by atoms with Crippen LogP contribution >= 0.6 is 34.7 Å². The monoisotopic (exact) mass is 390 g/mol. The molecule has 2 aromatic heterocycles. The third-order valence-electron chi connectivity index (χ3n) is 3.88. The van der Waals surface area contributed by atoms with Crippen molar-refractivity contribution in [3.05, 3.63) is 51.5 Å². The molecule has 0 fully saturated rings. The first kappa shape index (κ1) is 16.6. The van der Waals surface area contributed by atoms with Gasteiger partial charge in [0.25, 0.3) is 5.91 Å². The van der Waals surface area contributed by atoms with Gasteiger partial charge in [-0.15, -0.1) is 11.3 Å². The molecule has 0 unspecified atom stereocenters. The van der Waals surface area contributed by atoms with Gasteiger partial charge in [-0.2, -0.15) is 5.10 Å². The summed E-state index contributed by atoms with van der Waals surface area (Å²) in [6.07, 6.45) is 0. The molecular weight excluding hydrogens is 376 g/mol. The zero-order valence-electron chi connectivity index (χ0n) is 13.5. The second-order valence-corrected chi connectivity index (χ2v) is 8.24. The standard InChI is InChI=1S/C17H15ClN4OS2/c1-10-13-8-14(15(23)20-17-19-6-7-24-17)25-16(13)22(21-10)9-11-2-4-12(18)5-3-11/h2-5,8H,6-7,9H2,1H3,(H,19,20,23). The normalized spacial score (nSPS) is 14.1. The first-order valence-electron chi connectivity index (χ1n) is 7.80. The van der Waals surface area contributed by atoms with Crippen LogP contribution in [0.5, 0.6) is 0 Å². The Morgan fingerprint density at radius 2 is 2.16 bits per heavy atom. The van der Waals surface area contributed by atoms with E-state index in [1.807, 2.05) is 41.9 Å². The van der Waals surface area contributed by atoms with E-state index >= 15 is 0 Å². The smallest absolute Gasteiger partial charge is 0.267 e. The fourth-order valence-corrected chi connectivity index (χ4v) is 4.57. The highest BCUT2D eigenvalue weighted by atomic mass is 35.5. The summed E-state index contributed by atoms with van der Waals surface area (Å²) in [5, 5.41) is 9.93. The van der Waals surface area contributed by atoms with E-state index in [9.17, 15) is 4.79 Å². The van der Waals surface area contributed by atoms with E-state index in [1.54, 1.807) is 11.8 Å². The minimum absolute atomic E-state index is 0.105. The maximum atomic E-state index is 12.4. The Labute approximate surface area is 158 Å². The van der Waals surface area contributed by atoms with Crippen LogP contribution in [0.1, 0.15) is 20.9 Å². The Kier molecular flexibility index (Phi) is 4.54. The molecule has 4 rings (SSSR count). The fourth-order valence-electron chi connectivity index (χ4n) is 2.66. The lowest BCUT2D eigenvalue weighted by Crippen LogP contribution is -2.26. The second-order valence-electron chi connectivity index (χ2n) is 5.69.